The molecule has 0 bridgehead atoms. The van der Waals surface area contributed by atoms with Crippen molar-refractivity contribution in [1.29, 1.82) is 0 Å². The monoisotopic (exact) mass is 343 g/mol. The van der Waals surface area contributed by atoms with E-state index in [1.54, 1.807) is 28.8 Å². The Morgan fingerprint density at radius 2 is 2.25 bits per heavy atom. The Hall–Kier alpha value is -2.64. The maximum atomic E-state index is 12.3. The molecule has 24 heavy (non-hydrogen) atoms. The molecular formula is C15H13N5O3S. The first-order chi connectivity index (χ1) is 11.4. The number of β-lactam (4-membered cyclic amide) rings is 1. The predicted molar refractivity (Wildman–Crippen MR) is 87.8 cm³/mol. The minimum Gasteiger partial charge on any atom is -0.311 e. The van der Waals surface area contributed by atoms with Gasteiger partial charge < -0.3 is 9.69 Å². The second-order valence-electron chi connectivity index (χ2n) is 5.93. The van der Waals surface area contributed by atoms with Gasteiger partial charge in [-0.25, -0.2) is 0 Å². The van der Waals surface area contributed by atoms with Crippen molar-refractivity contribution in [3.63, 3.8) is 0 Å². The Kier molecular flexibility index (Phi) is 3.90. The van der Waals surface area contributed by atoms with Gasteiger partial charge >= 0.3 is 0 Å². The van der Waals surface area contributed by atoms with Crippen LogP contribution in [-0.4, -0.2) is 44.1 Å². The third-order valence-corrected chi connectivity index (χ3v) is 5.58. The normalized spacial score (nSPS) is 25.7. The minimum atomic E-state index is -0.711. The van der Waals surface area contributed by atoms with Crippen LogP contribution in [0.5, 0.6) is 0 Å². The number of thioether (sulfide) groups is 1. The molecule has 1 unspecified atom stereocenters. The highest BCUT2D eigenvalue weighted by molar-refractivity contribution is 8.01. The minimum absolute atomic E-state index is 0.158. The van der Waals surface area contributed by atoms with E-state index < -0.39 is 11.9 Å². The molecule has 0 spiro atoms. The molecule has 122 valence electrons. The van der Waals surface area contributed by atoms with Gasteiger partial charge in [0.25, 0.3) is 11.8 Å². The molecule has 8 nitrogen and oxygen atoms in total. The maximum Gasteiger partial charge on any atom is 0.254 e. The standard InChI is InChI=1S/C15H13N5O3S/c1-15(2)11(7-21)20-13(23)10(14(20)24-15)5-9-4-3-8(6-17-9)12(22)18-19-16/h3-7,11,14H,1-2H3/b10-5-/t11-,14?/m0/s1. The summed E-state index contributed by atoms with van der Waals surface area (Å²) in [4.78, 5) is 43.1. The molecule has 2 fully saturated rings. The molecule has 0 aromatic carbocycles. The molecule has 0 radical (unpaired) electrons. The predicted octanol–water partition coefficient (Wildman–Crippen LogP) is 2.18. The Balaban J connectivity index is 1.83. The summed E-state index contributed by atoms with van der Waals surface area (Å²) in [5, 5.41) is 2.83. The molecule has 3 heterocycles. The summed E-state index contributed by atoms with van der Waals surface area (Å²) in [5.41, 5.74) is 9.52. The zero-order valence-corrected chi connectivity index (χ0v) is 13.7. The van der Waals surface area contributed by atoms with Gasteiger partial charge in [0.05, 0.1) is 11.3 Å². The van der Waals surface area contributed by atoms with Crippen molar-refractivity contribution in [3.05, 3.63) is 45.6 Å². The van der Waals surface area contributed by atoms with Crippen LogP contribution in [0.1, 0.15) is 29.9 Å². The van der Waals surface area contributed by atoms with Crippen LogP contribution < -0.4 is 0 Å². The van der Waals surface area contributed by atoms with Gasteiger partial charge in [-0.15, -0.1) is 11.8 Å². The number of hydrogen-bond donors (Lipinski definition) is 0. The molecule has 0 saturated carbocycles. The van der Waals surface area contributed by atoms with Gasteiger partial charge in [-0.2, -0.15) is 0 Å². The van der Waals surface area contributed by atoms with Gasteiger partial charge in [0.15, 0.2) is 0 Å². The molecule has 3 rings (SSSR count). The third-order valence-electron chi connectivity index (χ3n) is 4.03. The summed E-state index contributed by atoms with van der Waals surface area (Å²) in [6.07, 6.45) is 3.77. The number of rotatable bonds is 3. The SMILES string of the molecule is CC1(C)SC2/C(=C\c3ccc(C(=O)N=[N+]=[N-])cn3)C(=O)N2[C@H]1C=O. The second kappa shape index (κ2) is 5.77. The number of nitrogens with zero attached hydrogens (tertiary/aromatic N) is 5. The number of fused-ring (bicyclic) bond motifs is 1. The Labute approximate surface area is 141 Å². The summed E-state index contributed by atoms with van der Waals surface area (Å²) in [6.45, 7) is 3.88. The van der Waals surface area contributed by atoms with E-state index in [1.807, 2.05) is 13.8 Å². The fourth-order valence-corrected chi connectivity index (χ4v) is 4.29. The molecular weight excluding hydrogens is 330 g/mol. The summed E-state index contributed by atoms with van der Waals surface area (Å²) in [7, 11) is 0. The number of pyridine rings is 1. The van der Waals surface area contributed by atoms with E-state index >= 15 is 0 Å². The van der Waals surface area contributed by atoms with Crippen molar-refractivity contribution >= 4 is 35.9 Å². The van der Waals surface area contributed by atoms with Crippen molar-refractivity contribution in [2.75, 3.05) is 0 Å². The highest BCUT2D eigenvalue weighted by atomic mass is 32.2. The van der Waals surface area contributed by atoms with Gasteiger partial charge in [0, 0.05) is 21.4 Å². The van der Waals surface area contributed by atoms with E-state index in [-0.39, 0.29) is 21.6 Å². The first-order valence-corrected chi connectivity index (χ1v) is 8.00. The molecule has 0 N–H and O–H groups in total. The molecule has 1 aromatic rings. The van der Waals surface area contributed by atoms with Crippen molar-refractivity contribution in [1.82, 2.24) is 9.88 Å². The highest BCUT2D eigenvalue weighted by Crippen LogP contribution is 2.52. The molecule has 2 aliphatic rings. The molecule has 2 atom stereocenters. The van der Waals surface area contributed by atoms with E-state index in [0.717, 1.165) is 6.29 Å². The fourth-order valence-electron chi connectivity index (χ4n) is 2.77. The van der Waals surface area contributed by atoms with Crippen LogP contribution in [0.4, 0.5) is 0 Å². The van der Waals surface area contributed by atoms with E-state index in [9.17, 15) is 14.4 Å². The average molecular weight is 343 g/mol. The first-order valence-electron chi connectivity index (χ1n) is 7.12. The van der Waals surface area contributed by atoms with Gasteiger partial charge in [0.1, 0.15) is 17.7 Å². The highest BCUT2D eigenvalue weighted by Gasteiger charge is 2.58. The molecule has 2 saturated heterocycles. The molecule has 0 aliphatic carbocycles. The lowest BCUT2D eigenvalue weighted by atomic mass is 9.96. The number of carbonyl (C=O) groups is 3. The van der Waals surface area contributed by atoms with Crippen LogP contribution in [0.2, 0.25) is 0 Å². The van der Waals surface area contributed by atoms with E-state index in [2.05, 4.69) is 15.0 Å². The number of aromatic nitrogens is 1. The topological polar surface area (TPSA) is 116 Å². The van der Waals surface area contributed by atoms with Gasteiger partial charge in [0.2, 0.25) is 0 Å². The van der Waals surface area contributed by atoms with Crippen LogP contribution in [0.25, 0.3) is 16.5 Å². The largest absolute Gasteiger partial charge is 0.311 e. The summed E-state index contributed by atoms with van der Waals surface area (Å²) in [5.74, 6) is -0.886. The van der Waals surface area contributed by atoms with Crippen LogP contribution in [0.15, 0.2) is 29.0 Å². The fraction of sp³-hybridized carbons (Fsp3) is 0.333. The molecule has 2 amide bonds. The smallest absolute Gasteiger partial charge is 0.254 e. The van der Waals surface area contributed by atoms with Crippen molar-refractivity contribution in [2.45, 2.75) is 30.0 Å². The van der Waals surface area contributed by atoms with Crippen molar-refractivity contribution in [2.24, 2.45) is 5.11 Å². The zero-order valence-electron chi connectivity index (χ0n) is 12.9. The molecule has 9 heteroatoms. The van der Waals surface area contributed by atoms with E-state index in [4.69, 9.17) is 5.53 Å². The van der Waals surface area contributed by atoms with Crippen molar-refractivity contribution < 1.29 is 14.4 Å². The summed E-state index contributed by atoms with van der Waals surface area (Å²) in [6, 6.07) is 2.62. The average Bonchev–Trinajstić information content (AvgIpc) is 2.81. The zero-order chi connectivity index (χ0) is 17.5. The number of aldehydes is 1. The molecule has 1 aromatic heterocycles. The quantitative estimate of drug-likeness (QED) is 0.208. The van der Waals surface area contributed by atoms with E-state index in [0.29, 0.717) is 11.3 Å². The lowest BCUT2D eigenvalue weighted by Gasteiger charge is -2.38. The number of hydrogen-bond acceptors (Lipinski definition) is 5. The lowest BCUT2D eigenvalue weighted by molar-refractivity contribution is -0.139. The lowest BCUT2D eigenvalue weighted by Crippen LogP contribution is -2.56. The third kappa shape index (κ3) is 2.47. The Morgan fingerprint density at radius 3 is 2.83 bits per heavy atom. The number of carbonyl (C=O) groups excluding carboxylic acids is 3. The van der Waals surface area contributed by atoms with Crippen molar-refractivity contribution in [3.8, 4) is 0 Å². The first kappa shape index (κ1) is 16.2. The van der Waals surface area contributed by atoms with Gasteiger partial charge in [-0.3, -0.25) is 14.6 Å². The van der Waals surface area contributed by atoms with Crippen LogP contribution in [0, 0.1) is 0 Å². The van der Waals surface area contributed by atoms with Gasteiger partial charge in [-0.1, -0.05) is 0 Å². The summed E-state index contributed by atoms with van der Waals surface area (Å²) < 4.78 is -0.337. The maximum absolute atomic E-state index is 12.3. The van der Waals surface area contributed by atoms with Crippen LogP contribution in [0.3, 0.4) is 0 Å². The second-order valence-corrected chi connectivity index (χ2v) is 7.67. The number of amides is 2. The van der Waals surface area contributed by atoms with E-state index in [1.165, 1.54) is 12.3 Å². The van der Waals surface area contributed by atoms with Gasteiger partial charge in [-0.05, 0) is 42.7 Å². The van der Waals surface area contributed by atoms with Crippen LogP contribution in [-0.2, 0) is 9.59 Å². The van der Waals surface area contributed by atoms with Crippen LogP contribution >= 0.6 is 11.8 Å². The molecule has 2 aliphatic heterocycles. The summed E-state index contributed by atoms with van der Waals surface area (Å²) >= 11 is 1.56. The Morgan fingerprint density at radius 1 is 1.50 bits per heavy atom. The Bertz CT molecular complexity index is 811. The number of azide groups is 1.